The van der Waals surface area contributed by atoms with Gasteiger partial charge in [-0.3, -0.25) is 4.79 Å². The summed E-state index contributed by atoms with van der Waals surface area (Å²) in [7, 11) is 3.15. The standard InChI is InChI=1S/C26H26N4O3/c1-17-7-8-19(13-18(17)2)30-25(28-11-5-6-12-28)22-15-29(16-23(22)27-30)26(31)21-10-9-20(32-3)14-24(21)33-4/h5-14H,15-16H2,1-4H3. The topological polar surface area (TPSA) is 61.5 Å². The molecule has 33 heavy (non-hydrogen) atoms. The molecule has 0 N–H and O–H groups in total. The number of hydrogen-bond acceptors (Lipinski definition) is 4. The Morgan fingerprint density at radius 1 is 0.939 bits per heavy atom. The van der Waals surface area contributed by atoms with Crippen molar-refractivity contribution < 1.29 is 14.3 Å². The van der Waals surface area contributed by atoms with Gasteiger partial charge in [0.25, 0.3) is 5.91 Å². The SMILES string of the molecule is COc1ccc(C(=O)N2Cc3nn(-c4ccc(C)c(C)c4)c(-n4cccc4)c3C2)c(OC)c1. The van der Waals surface area contributed by atoms with E-state index in [1.165, 1.54) is 11.1 Å². The zero-order valence-electron chi connectivity index (χ0n) is 19.2. The predicted molar refractivity (Wildman–Crippen MR) is 125 cm³/mol. The van der Waals surface area contributed by atoms with Crippen molar-refractivity contribution in [3.05, 3.63) is 88.9 Å². The van der Waals surface area contributed by atoms with Crippen LogP contribution in [0.3, 0.4) is 0 Å². The monoisotopic (exact) mass is 442 g/mol. The molecule has 3 heterocycles. The largest absolute Gasteiger partial charge is 0.497 e. The van der Waals surface area contributed by atoms with Gasteiger partial charge in [-0.1, -0.05) is 6.07 Å². The third-order valence-corrected chi connectivity index (χ3v) is 6.24. The van der Waals surface area contributed by atoms with E-state index in [9.17, 15) is 4.79 Å². The van der Waals surface area contributed by atoms with Gasteiger partial charge in [-0.25, -0.2) is 4.68 Å². The van der Waals surface area contributed by atoms with Gasteiger partial charge in [0.2, 0.25) is 0 Å². The van der Waals surface area contributed by atoms with Crippen LogP contribution in [-0.2, 0) is 13.1 Å². The van der Waals surface area contributed by atoms with Crippen LogP contribution in [0.4, 0.5) is 0 Å². The van der Waals surface area contributed by atoms with Crippen LogP contribution in [0.1, 0.15) is 32.7 Å². The van der Waals surface area contributed by atoms with Gasteiger partial charge in [-0.15, -0.1) is 0 Å². The van der Waals surface area contributed by atoms with E-state index in [4.69, 9.17) is 14.6 Å². The van der Waals surface area contributed by atoms with Crippen molar-refractivity contribution in [2.24, 2.45) is 0 Å². The minimum absolute atomic E-state index is 0.0938. The van der Waals surface area contributed by atoms with Crippen molar-refractivity contribution >= 4 is 5.91 Å². The molecule has 0 saturated carbocycles. The molecule has 4 aromatic rings. The Hall–Kier alpha value is -4.00. The molecule has 0 unspecified atom stereocenters. The smallest absolute Gasteiger partial charge is 0.258 e. The molecule has 7 heteroatoms. The summed E-state index contributed by atoms with van der Waals surface area (Å²) in [5.41, 5.74) is 5.91. The van der Waals surface area contributed by atoms with Gasteiger partial charge in [0, 0.05) is 24.0 Å². The average Bonchev–Trinajstić information content (AvgIpc) is 3.56. The predicted octanol–water partition coefficient (Wildman–Crippen LogP) is 4.45. The first kappa shape index (κ1) is 20.9. The number of rotatable bonds is 5. The Kier molecular flexibility index (Phi) is 5.17. The second-order valence-corrected chi connectivity index (χ2v) is 8.25. The summed E-state index contributed by atoms with van der Waals surface area (Å²) in [6.45, 7) is 5.12. The van der Waals surface area contributed by atoms with Crippen molar-refractivity contribution in [2.75, 3.05) is 14.2 Å². The fourth-order valence-electron chi connectivity index (χ4n) is 4.27. The molecular weight excluding hydrogens is 416 g/mol. The molecule has 1 aliphatic heterocycles. The molecule has 1 aliphatic rings. The second kappa shape index (κ2) is 8.16. The maximum atomic E-state index is 13.4. The summed E-state index contributed by atoms with van der Waals surface area (Å²) in [5.74, 6) is 2.00. The molecule has 0 radical (unpaired) electrons. The maximum Gasteiger partial charge on any atom is 0.258 e. The van der Waals surface area contributed by atoms with E-state index in [-0.39, 0.29) is 5.91 Å². The highest BCUT2D eigenvalue weighted by atomic mass is 16.5. The molecule has 0 fully saturated rings. The molecule has 0 saturated heterocycles. The van der Waals surface area contributed by atoms with Gasteiger partial charge >= 0.3 is 0 Å². The number of methoxy groups -OCH3 is 2. The molecule has 7 nitrogen and oxygen atoms in total. The number of fused-ring (bicyclic) bond motifs is 1. The number of hydrogen-bond donors (Lipinski definition) is 0. The number of ether oxygens (including phenoxy) is 2. The third kappa shape index (κ3) is 3.55. The van der Waals surface area contributed by atoms with E-state index in [1.54, 1.807) is 37.3 Å². The summed E-state index contributed by atoms with van der Waals surface area (Å²) in [6.07, 6.45) is 4.01. The summed E-state index contributed by atoms with van der Waals surface area (Å²) >= 11 is 0. The number of aromatic nitrogens is 3. The van der Waals surface area contributed by atoms with Crippen molar-refractivity contribution in [2.45, 2.75) is 26.9 Å². The Balaban J connectivity index is 1.53. The first-order valence-electron chi connectivity index (χ1n) is 10.8. The second-order valence-electron chi connectivity index (χ2n) is 8.25. The van der Waals surface area contributed by atoms with Gasteiger partial charge in [-0.05, 0) is 61.4 Å². The Morgan fingerprint density at radius 3 is 2.42 bits per heavy atom. The number of carbonyl (C=O) groups excluding carboxylic acids is 1. The molecule has 1 amide bonds. The molecule has 2 aromatic carbocycles. The number of nitrogens with zero attached hydrogens (tertiary/aromatic N) is 4. The highest BCUT2D eigenvalue weighted by molar-refractivity contribution is 5.97. The van der Waals surface area contributed by atoms with Gasteiger partial charge in [-0.2, -0.15) is 5.10 Å². The van der Waals surface area contributed by atoms with Crippen LogP contribution in [0.25, 0.3) is 11.5 Å². The van der Waals surface area contributed by atoms with Crippen LogP contribution >= 0.6 is 0 Å². The molecular formula is C26H26N4O3. The lowest BCUT2D eigenvalue weighted by Crippen LogP contribution is -2.26. The van der Waals surface area contributed by atoms with E-state index in [0.717, 1.165) is 22.8 Å². The van der Waals surface area contributed by atoms with E-state index in [0.29, 0.717) is 30.2 Å². The number of carbonyl (C=O) groups is 1. The zero-order valence-corrected chi connectivity index (χ0v) is 19.2. The molecule has 0 bridgehead atoms. The quantitative estimate of drug-likeness (QED) is 0.458. The molecule has 168 valence electrons. The van der Waals surface area contributed by atoms with E-state index in [1.807, 2.05) is 29.2 Å². The van der Waals surface area contributed by atoms with Crippen LogP contribution < -0.4 is 9.47 Å². The van der Waals surface area contributed by atoms with Crippen LogP contribution in [0.15, 0.2) is 60.9 Å². The Morgan fingerprint density at radius 2 is 1.73 bits per heavy atom. The van der Waals surface area contributed by atoms with Gasteiger partial charge in [0.05, 0.1) is 44.3 Å². The summed E-state index contributed by atoms with van der Waals surface area (Å²) in [4.78, 5) is 15.2. The number of benzene rings is 2. The molecule has 2 aromatic heterocycles. The fraction of sp³-hybridized carbons (Fsp3) is 0.231. The van der Waals surface area contributed by atoms with Crippen LogP contribution in [0.5, 0.6) is 11.5 Å². The van der Waals surface area contributed by atoms with E-state index in [2.05, 4.69) is 36.6 Å². The Labute approximate surface area is 192 Å². The summed E-state index contributed by atoms with van der Waals surface area (Å²) in [6, 6.07) is 15.6. The van der Waals surface area contributed by atoms with Crippen molar-refractivity contribution in [3.63, 3.8) is 0 Å². The average molecular weight is 443 g/mol. The third-order valence-electron chi connectivity index (χ3n) is 6.24. The normalized spacial score (nSPS) is 12.7. The first-order chi connectivity index (χ1) is 16.0. The van der Waals surface area contributed by atoms with Crippen LogP contribution in [-0.4, -0.2) is 39.4 Å². The molecule has 0 atom stereocenters. The van der Waals surface area contributed by atoms with Gasteiger partial charge < -0.3 is 18.9 Å². The summed E-state index contributed by atoms with van der Waals surface area (Å²) < 4.78 is 14.8. The van der Waals surface area contributed by atoms with Crippen LogP contribution in [0.2, 0.25) is 0 Å². The number of amides is 1. The Bertz CT molecular complexity index is 1340. The van der Waals surface area contributed by atoms with Gasteiger partial charge in [0.15, 0.2) is 0 Å². The maximum absolute atomic E-state index is 13.4. The fourth-order valence-corrected chi connectivity index (χ4v) is 4.27. The van der Waals surface area contributed by atoms with Crippen molar-refractivity contribution in [1.82, 2.24) is 19.2 Å². The highest BCUT2D eigenvalue weighted by Crippen LogP contribution is 2.33. The molecule has 5 rings (SSSR count). The minimum atomic E-state index is -0.0938. The molecule has 0 aliphatic carbocycles. The van der Waals surface area contributed by atoms with Crippen molar-refractivity contribution in [1.29, 1.82) is 0 Å². The lowest BCUT2D eigenvalue weighted by Gasteiger charge is -2.19. The summed E-state index contributed by atoms with van der Waals surface area (Å²) in [5, 5.41) is 4.93. The zero-order chi connectivity index (χ0) is 23.1. The first-order valence-corrected chi connectivity index (χ1v) is 10.8. The number of aryl methyl sites for hydroxylation is 2. The van der Waals surface area contributed by atoms with Crippen molar-refractivity contribution in [3.8, 4) is 23.0 Å². The van der Waals surface area contributed by atoms with E-state index < -0.39 is 0 Å². The van der Waals surface area contributed by atoms with Gasteiger partial charge in [0.1, 0.15) is 17.3 Å². The lowest BCUT2D eigenvalue weighted by molar-refractivity contribution is 0.0745. The minimum Gasteiger partial charge on any atom is -0.497 e. The lowest BCUT2D eigenvalue weighted by atomic mass is 10.1. The highest BCUT2D eigenvalue weighted by Gasteiger charge is 2.33. The van der Waals surface area contributed by atoms with Crippen LogP contribution in [0, 0.1) is 13.8 Å². The van der Waals surface area contributed by atoms with E-state index >= 15 is 0 Å². The molecule has 0 spiro atoms.